The second kappa shape index (κ2) is 2.70. The first kappa shape index (κ1) is 7.79. The van der Waals surface area contributed by atoms with Crippen molar-refractivity contribution in [1.29, 1.82) is 0 Å². The van der Waals surface area contributed by atoms with Gasteiger partial charge in [-0.15, -0.1) is 0 Å². The lowest BCUT2D eigenvalue weighted by Gasteiger charge is -2.29. The Labute approximate surface area is 81.3 Å². The second-order valence-electron chi connectivity index (χ2n) is 3.46. The van der Waals surface area contributed by atoms with Gasteiger partial charge in [-0.05, 0) is 18.2 Å². The zero-order valence-corrected chi connectivity index (χ0v) is 7.63. The van der Waals surface area contributed by atoms with Crippen molar-refractivity contribution in [2.75, 3.05) is 29.9 Å². The van der Waals surface area contributed by atoms with Crippen molar-refractivity contribution in [3.8, 4) is 0 Å². The molecule has 0 aliphatic carbocycles. The fraction of sp³-hybridized carbons (Fsp3) is 0.300. The molecular formula is C10H10FN3. The molecule has 0 aromatic heterocycles. The maximum absolute atomic E-state index is 13.1. The van der Waals surface area contributed by atoms with E-state index in [9.17, 15) is 4.39 Å². The molecule has 2 heterocycles. The maximum Gasteiger partial charge on any atom is 0.125 e. The van der Waals surface area contributed by atoms with Crippen molar-refractivity contribution in [3.63, 3.8) is 0 Å². The monoisotopic (exact) mass is 191 g/mol. The van der Waals surface area contributed by atoms with Gasteiger partial charge in [-0.3, -0.25) is 4.99 Å². The van der Waals surface area contributed by atoms with Crippen molar-refractivity contribution in [1.82, 2.24) is 0 Å². The Morgan fingerprint density at radius 2 is 2.36 bits per heavy atom. The van der Waals surface area contributed by atoms with Crippen LogP contribution in [0.3, 0.4) is 0 Å². The van der Waals surface area contributed by atoms with E-state index in [2.05, 4.69) is 15.2 Å². The third-order valence-electron chi connectivity index (χ3n) is 2.62. The van der Waals surface area contributed by atoms with E-state index < -0.39 is 0 Å². The standard InChI is InChI=1S/C10H10FN3/c11-7-1-2-8-9(5-7)14-4-3-12-10(14)6-13-8/h1-2,5,13H,3-4,6H2. The van der Waals surface area contributed by atoms with Crippen LogP contribution >= 0.6 is 0 Å². The number of anilines is 2. The van der Waals surface area contributed by atoms with Gasteiger partial charge >= 0.3 is 0 Å². The summed E-state index contributed by atoms with van der Waals surface area (Å²) >= 11 is 0. The van der Waals surface area contributed by atoms with E-state index in [1.807, 2.05) is 0 Å². The highest BCUT2D eigenvalue weighted by atomic mass is 19.1. The molecule has 0 saturated heterocycles. The molecule has 3 nitrogen and oxygen atoms in total. The lowest BCUT2D eigenvalue weighted by atomic mass is 10.2. The minimum atomic E-state index is -0.196. The molecule has 1 aromatic carbocycles. The Balaban J connectivity index is 2.13. The van der Waals surface area contributed by atoms with Crippen molar-refractivity contribution < 1.29 is 4.39 Å². The van der Waals surface area contributed by atoms with E-state index in [-0.39, 0.29) is 5.82 Å². The van der Waals surface area contributed by atoms with Gasteiger partial charge in [-0.1, -0.05) is 0 Å². The summed E-state index contributed by atoms with van der Waals surface area (Å²) in [5, 5.41) is 3.22. The molecule has 0 amide bonds. The average Bonchev–Trinajstić information content (AvgIpc) is 2.65. The largest absolute Gasteiger partial charge is 0.376 e. The SMILES string of the molecule is Fc1ccc2c(c1)N1CCN=C1CN2. The average molecular weight is 191 g/mol. The highest BCUT2D eigenvalue weighted by Gasteiger charge is 2.25. The van der Waals surface area contributed by atoms with Gasteiger partial charge < -0.3 is 10.2 Å². The number of nitrogens with zero attached hydrogens (tertiary/aromatic N) is 2. The van der Waals surface area contributed by atoms with Gasteiger partial charge in [0.05, 0.1) is 24.5 Å². The number of halogens is 1. The quantitative estimate of drug-likeness (QED) is 0.672. The van der Waals surface area contributed by atoms with Gasteiger partial charge in [-0.25, -0.2) is 4.39 Å². The van der Waals surface area contributed by atoms with Crippen molar-refractivity contribution >= 4 is 17.2 Å². The fourth-order valence-electron chi connectivity index (χ4n) is 1.96. The van der Waals surface area contributed by atoms with E-state index >= 15 is 0 Å². The molecule has 1 N–H and O–H groups in total. The van der Waals surface area contributed by atoms with E-state index in [0.29, 0.717) is 0 Å². The highest BCUT2D eigenvalue weighted by Crippen LogP contribution is 2.31. The number of fused-ring (bicyclic) bond motifs is 3. The van der Waals surface area contributed by atoms with Gasteiger partial charge in [0.25, 0.3) is 0 Å². The van der Waals surface area contributed by atoms with E-state index in [4.69, 9.17) is 0 Å². The summed E-state index contributed by atoms with van der Waals surface area (Å²) in [5.74, 6) is 0.821. The second-order valence-corrected chi connectivity index (χ2v) is 3.46. The van der Waals surface area contributed by atoms with Gasteiger partial charge in [0, 0.05) is 6.54 Å². The highest BCUT2D eigenvalue weighted by molar-refractivity contribution is 6.07. The number of rotatable bonds is 0. The number of aliphatic imine (C=N–C) groups is 1. The molecule has 0 atom stereocenters. The summed E-state index contributed by atoms with van der Waals surface area (Å²) in [7, 11) is 0. The van der Waals surface area contributed by atoms with Crippen molar-refractivity contribution in [2.45, 2.75) is 0 Å². The van der Waals surface area contributed by atoms with Crippen LogP contribution in [0.15, 0.2) is 23.2 Å². The molecule has 0 bridgehead atoms. The molecule has 0 saturated carbocycles. The summed E-state index contributed by atoms with van der Waals surface area (Å²) in [6.07, 6.45) is 0. The Bertz CT molecular complexity index is 414. The van der Waals surface area contributed by atoms with Crippen LogP contribution in [0.2, 0.25) is 0 Å². The molecule has 0 unspecified atom stereocenters. The lowest BCUT2D eigenvalue weighted by Crippen LogP contribution is -2.37. The number of hydrogen-bond donors (Lipinski definition) is 1. The zero-order chi connectivity index (χ0) is 9.54. The van der Waals surface area contributed by atoms with Crippen molar-refractivity contribution in [3.05, 3.63) is 24.0 Å². The predicted molar refractivity (Wildman–Crippen MR) is 54.5 cm³/mol. The predicted octanol–water partition coefficient (Wildman–Crippen LogP) is 1.47. The van der Waals surface area contributed by atoms with Crippen molar-refractivity contribution in [2.24, 2.45) is 4.99 Å². The lowest BCUT2D eigenvalue weighted by molar-refractivity contribution is 0.628. The summed E-state index contributed by atoms with van der Waals surface area (Å²) in [6, 6.07) is 4.81. The van der Waals surface area contributed by atoms with Crippen LogP contribution < -0.4 is 10.2 Å². The smallest absolute Gasteiger partial charge is 0.125 e. The number of hydrogen-bond acceptors (Lipinski definition) is 3. The fourth-order valence-corrected chi connectivity index (χ4v) is 1.96. The molecule has 72 valence electrons. The van der Waals surface area contributed by atoms with Gasteiger partial charge in [0.2, 0.25) is 0 Å². The summed E-state index contributed by atoms with van der Waals surface area (Å²) in [4.78, 5) is 6.42. The van der Waals surface area contributed by atoms with E-state index in [1.54, 1.807) is 12.1 Å². The third-order valence-corrected chi connectivity index (χ3v) is 2.62. The summed E-state index contributed by atoms with van der Waals surface area (Å²) in [5.41, 5.74) is 1.90. The van der Waals surface area contributed by atoms with E-state index in [0.717, 1.165) is 36.8 Å². The molecule has 0 spiro atoms. The Kier molecular flexibility index (Phi) is 1.50. The Morgan fingerprint density at radius 3 is 3.29 bits per heavy atom. The van der Waals surface area contributed by atoms with Gasteiger partial charge in [0.15, 0.2) is 0 Å². The molecule has 14 heavy (non-hydrogen) atoms. The number of nitrogens with one attached hydrogen (secondary N) is 1. The molecule has 4 heteroatoms. The molecule has 2 aliphatic rings. The van der Waals surface area contributed by atoms with Gasteiger partial charge in [0.1, 0.15) is 11.7 Å². The van der Waals surface area contributed by atoms with Crippen LogP contribution in [-0.4, -0.2) is 25.5 Å². The number of amidine groups is 1. The van der Waals surface area contributed by atoms with Crippen LogP contribution in [0.1, 0.15) is 0 Å². The minimum absolute atomic E-state index is 0.196. The Hall–Kier alpha value is -1.58. The number of benzene rings is 1. The molecular weight excluding hydrogens is 181 g/mol. The van der Waals surface area contributed by atoms with Gasteiger partial charge in [-0.2, -0.15) is 0 Å². The molecule has 0 radical (unpaired) electrons. The minimum Gasteiger partial charge on any atom is -0.376 e. The van der Waals surface area contributed by atoms with E-state index in [1.165, 1.54) is 6.07 Å². The van der Waals surface area contributed by atoms with Crippen LogP contribution in [0.5, 0.6) is 0 Å². The molecule has 1 aromatic rings. The molecule has 0 fully saturated rings. The Morgan fingerprint density at radius 1 is 1.43 bits per heavy atom. The molecule has 2 aliphatic heterocycles. The first-order chi connectivity index (χ1) is 6.84. The summed E-state index contributed by atoms with van der Waals surface area (Å²) < 4.78 is 13.1. The topological polar surface area (TPSA) is 27.6 Å². The van der Waals surface area contributed by atoms with Crippen LogP contribution in [0.25, 0.3) is 0 Å². The van der Waals surface area contributed by atoms with Crippen LogP contribution in [0, 0.1) is 5.82 Å². The normalized spacial score (nSPS) is 18.4. The zero-order valence-electron chi connectivity index (χ0n) is 7.63. The molecule has 3 rings (SSSR count). The summed E-state index contributed by atoms with van der Waals surface area (Å²) in [6.45, 7) is 2.43. The van der Waals surface area contributed by atoms with Crippen LogP contribution in [0.4, 0.5) is 15.8 Å². The first-order valence-corrected chi connectivity index (χ1v) is 4.69. The maximum atomic E-state index is 13.1. The third kappa shape index (κ3) is 0.999. The first-order valence-electron chi connectivity index (χ1n) is 4.69. The van der Waals surface area contributed by atoms with Crippen LogP contribution in [-0.2, 0) is 0 Å².